The molecule has 3 rings (SSSR count). The molecule has 0 aromatic carbocycles. The zero-order chi connectivity index (χ0) is 16.4. The summed E-state index contributed by atoms with van der Waals surface area (Å²) in [7, 11) is 2.16. The molecule has 1 saturated heterocycles. The number of hydrogen-bond acceptors (Lipinski definition) is 3. The van der Waals surface area contributed by atoms with E-state index < -0.39 is 0 Å². The fraction of sp³-hybridized carbons (Fsp3) is 0.529. The number of carbonyl (C=O) groups excluding carboxylic acids is 1. The Hall–Kier alpha value is -1.59. The van der Waals surface area contributed by atoms with Crippen molar-refractivity contribution in [2.75, 3.05) is 26.7 Å². The van der Waals surface area contributed by atoms with E-state index in [2.05, 4.69) is 22.2 Å². The van der Waals surface area contributed by atoms with Crippen molar-refractivity contribution in [2.24, 2.45) is 5.92 Å². The second kappa shape index (κ2) is 6.89. The molecule has 3 heterocycles. The van der Waals surface area contributed by atoms with Crippen molar-refractivity contribution in [3.05, 3.63) is 34.7 Å². The number of amides is 1. The second-order valence-electron chi connectivity index (χ2n) is 6.44. The Balaban J connectivity index is 1.64. The van der Waals surface area contributed by atoms with Gasteiger partial charge in [0.1, 0.15) is 11.3 Å². The zero-order valence-corrected chi connectivity index (χ0v) is 14.4. The molecule has 1 atom stereocenters. The zero-order valence-electron chi connectivity index (χ0n) is 13.7. The molecule has 5 nitrogen and oxygen atoms in total. The molecule has 0 aliphatic carbocycles. The van der Waals surface area contributed by atoms with Crippen LogP contribution in [0.25, 0.3) is 5.65 Å². The Bertz CT molecular complexity index is 712. The van der Waals surface area contributed by atoms with E-state index in [1.165, 1.54) is 19.4 Å². The molecule has 1 aliphatic rings. The molecular formula is C17H23ClN4O. The Kier molecular flexibility index (Phi) is 4.87. The normalized spacial score (nSPS) is 19.2. The van der Waals surface area contributed by atoms with E-state index in [0.717, 1.165) is 24.3 Å². The summed E-state index contributed by atoms with van der Waals surface area (Å²) in [6.07, 6.45) is 5.26. The van der Waals surface area contributed by atoms with Gasteiger partial charge in [-0.05, 0) is 57.8 Å². The van der Waals surface area contributed by atoms with E-state index in [1.807, 2.05) is 13.0 Å². The summed E-state index contributed by atoms with van der Waals surface area (Å²) < 4.78 is 1.77. The molecule has 1 fully saturated rings. The van der Waals surface area contributed by atoms with E-state index in [-0.39, 0.29) is 5.91 Å². The quantitative estimate of drug-likeness (QED) is 0.935. The minimum atomic E-state index is -0.0820. The third kappa shape index (κ3) is 3.67. The van der Waals surface area contributed by atoms with E-state index >= 15 is 0 Å². The molecule has 6 heteroatoms. The molecule has 0 unspecified atom stereocenters. The van der Waals surface area contributed by atoms with Crippen LogP contribution in [0.15, 0.2) is 18.3 Å². The summed E-state index contributed by atoms with van der Waals surface area (Å²) in [4.78, 5) is 19.3. The van der Waals surface area contributed by atoms with Gasteiger partial charge in [-0.25, -0.2) is 4.98 Å². The van der Waals surface area contributed by atoms with Crippen LogP contribution >= 0.6 is 11.6 Å². The first-order valence-electron chi connectivity index (χ1n) is 8.15. The van der Waals surface area contributed by atoms with Gasteiger partial charge in [0.25, 0.3) is 5.91 Å². The highest BCUT2D eigenvalue weighted by Gasteiger charge is 2.19. The summed E-state index contributed by atoms with van der Waals surface area (Å²) in [5.74, 6) is 0.591. The number of hydrogen-bond donors (Lipinski definition) is 1. The Morgan fingerprint density at radius 1 is 1.48 bits per heavy atom. The van der Waals surface area contributed by atoms with Gasteiger partial charge in [-0.15, -0.1) is 0 Å². The van der Waals surface area contributed by atoms with Crippen molar-refractivity contribution in [3.63, 3.8) is 0 Å². The van der Waals surface area contributed by atoms with Gasteiger partial charge in [0.2, 0.25) is 0 Å². The minimum absolute atomic E-state index is 0.0820. The minimum Gasteiger partial charge on any atom is -0.351 e. The third-order valence-corrected chi connectivity index (χ3v) is 4.76. The lowest BCUT2D eigenvalue weighted by atomic mass is 9.95. The van der Waals surface area contributed by atoms with E-state index in [1.54, 1.807) is 16.7 Å². The molecule has 0 saturated carbocycles. The highest BCUT2D eigenvalue weighted by Crippen LogP contribution is 2.18. The number of nitrogens with one attached hydrogen (secondary N) is 1. The van der Waals surface area contributed by atoms with E-state index in [9.17, 15) is 4.79 Å². The fourth-order valence-corrected chi connectivity index (χ4v) is 3.55. The summed E-state index contributed by atoms with van der Waals surface area (Å²) in [5.41, 5.74) is 2.04. The smallest absolute Gasteiger partial charge is 0.270 e. The lowest BCUT2D eigenvalue weighted by molar-refractivity contribution is 0.0942. The van der Waals surface area contributed by atoms with Crippen LogP contribution in [0.2, 0.25) is 5.02 Å². The maximum absolute atomic E-state index is 12.5. The second-order valence-corrected chi connectivity index (χ2v) is 6.87. The topological polar surface area (TPSA) is 49.6 Å². The summed E-state index contributed by atoms with van der Waals surface area (Å²) in [5, 5.41) is 3.63. The molecule has 23 heavy (non-hydrogen) atoms. The molecule has 0 spiro atoms. The predicted molar refractivity (Wildman–Crippen MR) is 92.1 cm³/mol. The van der Waals surface area contributed by atoms with Crippen LogP contribution < -0.4 is 5.32 Å². The number of halogens is 1. The summed E-state index contributed by atoms with van der Waals surface area (Å²) >= 11 is 6.04. The van der Waals surface area contributed by atoms with Crippen LogP contribution in [-0.4, -0.2) is 46.9 Å². The van der Waals surface area contributed by atoms with Crippen molar-refractivity contribution in [1.29, 1.82) is 0 Å². The van der Waals surface area contributed by atoms with Gasteiger partial charge in [-0.1, -0.05) is 11.6 Å². The van der Waals surface area contributed by atoms with Gasteiger partial charge in [0.05, 0.1) is 10.7 Å². The largest absolute Gasteiger partial charge is 0.351 e. The van der Waals surface area contributed by atoms with Crippen LogP contribution in [0.4, 0.5) is 0 Å². The fourth-order valence-electron chi connectivity index (χ4n) is 3.39. The molecule has 124 valence electrons. The van der Waals surface area contributed by atoms with Crippen LogP contribution in [-0.2, 0) is 0 Å². The average Bonchev–Trinajstić information content (AvgIpc) is 2.82. The molecule has 0 radical (unpaired) electrons. The van der Waals surface area contributed by atoms with E-state index in [0.29, 0.717) is 23.2 Å². The molecule has 2 aromatic rings. The Labute approximate surface area is 141 Å². The monoisotopic (exact) mass is 334 g/mol. The third-order valence-electron chi connectivity index (χ3n) is 4.53. The number of pyridine rings is 1. The van der Waals surface area contributed by atoms with Gasteiger partial charge < -0.3 is 10.2 Å². The van der Waals surface area contributed by atoms with Crippen LogP contribution in [0.1, 0.15) is 35.4 Å². The lowest BCUT2D eigenvalue weighted by Gasteiger charge is -2.29. The molecule has 1 N–H and O–H groups in total. The number of piperidine rings is 1. The van der Waals surface area contributed by atoms with E-state index in [4.69, 9.17) is 11.6 Å². The molecule has 1 aliphatic heterocycles. The van der Waals surface area contributed by atoms with Gasteiger partial charge in [-0.2, -0.15) is 0 Å². The molecule has 0 bridgehead atoms. The van der Waals surface area contributed by atoms with Crippen LogP contribution in [0.3, 0.4) is 0 Å². The highest BCUT2D eigenvalue weighted by molar-refractivity contribution is 6.30. The predicted octanol–water partition coefficient (Wildman–Crippen LogP) is 2.76. The first-order chi connectivity index (χ1) is 11.0. The SMILES string of the molecule is Cc1nc2ccc(Cl)cn2c1C(=O)NCC[C@H]1CCCN(C)C1. The number of nitrogens with zero attached hydrogens (tertiary/aromatic N) is 3. The maximum atomic E-state index is 12.5. The van der Waals surface area contributed by atoms with Gasteiger partial charge in [0, 0.05) is 19.3 Å². The van der Waals surface area contributed by atoms with Crippen molar-refractivity contribution in [1.82, 2.24) is 19.6 Å². The summed E-state index contributed by atoms with van der Waals surface area (Å²) in [6.45, 7) is 4.86. The number of fused-ring (bicyclic) bond motifs is 1. The van der Waals surface area contributed by atoms with Crippen molar-refractivity contribution < 1.29 is 4.79 Å². The lowest BCUT2D eigenvalue weighted by Crippen LogP contribution is -2.34. The molecule has 2 aromatic heterocycles. The molecule has 1 amide bonds. The number of aryl methyl sites for hydroxylation is 1. The van der Waals surface area contributed by atoms with Crippen LogP contribution in [0, 0.1) is 12.8 Å². The van der Waals surface area contributed by atoms with Crippen LogP contribution in [0.5, 0.6) is 0 Å². The number of aromatic nitrogens is 2. The van der Waals surface area contributed by atoms with Crippen molar-refractivity contribution in [2.45, 2.75) is 26.2 Å². The number of rotatable bonds is 4. The molecular weight excluding hydrogens is 312 g/mol. The number of carbonyl (C=O) groups is 1. The van der Waals surface area contributed by atoms with Gasteiger partial charge >= 0.3 is 0 Å². The Morgan fingerprint density at radius 3 is 3.09 bits per heavy atom. The highest BCUT2D eigenvalue weighted by atomic mass is 35.5. The number of imidazole rings is 1. The van der Waals surface area contributed by atoms with Crippen molar-refractivity contribution >= 4 is 23.2 Å². The Morgan fingerprint density at radius 2 is 2.30 bits per heavy atom. The maximum Gasteiger partial charge on any atom is 0.270 e. The number of likely N-dealkylation sites (tertiary alicyclic amines) is 1. The summed E-state index contributed by atoms with van der Waals surface area (Å²) in [6, 6.07) is 3.61. The standard InChI is InChI=1S/C17H23ClN4O/c1-12-16(22-11-14(18)5-6-15(22)20-12)17(23)19-8-7-13-4-3-9-21(2)10-13/h5-6,11,13H,3-4,7-10H2,1-2H3,(H,19,23)/t13-/m1/s1. The van der Waals surface area contributed by atoms with Gasteiger partial charge in [-0.3, -0.25) is 9.20 Å². The average molecular weight is 335 g/mol. The first-order valence-corrected chi connectivity index (χ1v) is 8.53. The van der Waals surface area contributed by atoms with Gasteiger partial charge in [0.15, 0.2) is 0 Å². The first kappa shape index (κ1) is 16.3. The van der Waals surface area contributed by atoms with Crippen molar-refractivity contribution in [3.8, 4) is 0 Å².